The van der Waals surface area contributed by atoms with E-state index in [1.165, 1.54) is 12.1 Å². The molecule has 9 heteroatoms. The van der Waals surface area contributed by atoms with E-state index in [0.29, 0.717) is 44.2 Å². The van der Waals surface area contributed by atoms with Crippen LogP contribution in [0.1, 0.15) is 19.2 Å². The van der Waals surface area contributed by atoms with Crippen LogP contribution in [0.4, 0.5) is 15.0 Å². The van der Waals surface area contributed by atoms with E-state index in [2.05, 4.69) is 25.3 Å². The molecule has 1 saturated heterocycles. The first-order valence-electron chi connectivity index (χ1n) is 9.83. The number of piperazine rings is 1. The molecule has 8 nitrogen and oxygen atoms in total. The molecule has 3 heterocycles. The van der Waals surface area contributed by atoms with Gasteiger partial charge < -0.3 is 15.1 Å². The second-order valence-electron chi connectivity index (χ2n) is 7.07. The number of benzene rings is 1. The van der Waals surface area contributed by atoms with Gasteiger partial charge in [-0.05, 0) is 37.6 Å². The molecule has 2 amide bonds. The standard InChI is InChI=1S/C20H24FN7O/c1-3-8-22-20(29)27-11-9-26(10-12-27)18-17-13-23-28(19(17)25-14(2)24-18)16-6-4-15(21)5-7-16/h4-7,13H,3,8-12H2,1-2H3,(H,22,29). The minimum atomic E-state index is -0.294. The third-order valence-corrected chi connectivity index (χ3v) is 4.98. The lowest BCUT2D eigenvalue weighted by atomic mass is 10.2. The molecule has 0 aliphatic carbocycles. The highest BCUT2D eigenvalue weighted by Crippen LogP contribution is 2.26. The quantitative estimate of drug-likeness (QED) is 0.732. The number of anilines is 1. The summed E-state index contributed by atoms with van der Waals surface area (Å²) in [5.74, 6) is 1.16. The largest absolute Gasteiger partial charge is 0.352 e. The van der Waals surface area contributed by atoms with Crippen molar-refractivity contribution in [2.75, 3.05) is 37.6 Å². The van der Waals surface area contributed by atoms with Crippen molar-refractivity contribution in [1.29, 1.82) is 0 Å². The van der Waals surface area contributed by atoms with Gasteiger partial charge in [0.15, 0.2) is 5.65 Å². The summed E-state index contributed by atoms with van der Waals surface area (Å²) >= 11 is 0. The zero-order valence-corrected chi connectivity index (χ0v) is 16.6. The number of halogens is 1. The molecule has 0 unspecified atom stereocenters. The number of hydrogen-bond donors (Lipinski definition) is 1. The van der Waals surface area contributed by atoms with Crippen molar-refractivity contribution in [3.05, 3.63) is 42.1 Å². The van der Waals surface area contributed by atoms with E-state index in [1.54, 1.807) is 23.0 Å². The number of carbonyl (C=O) groups is 1. The Bertz CT molecular complexity index is 1010. The molecule has 0 radical (unpaired) electrons. The van der Waals surface area contributed by atoms with Gasteiger partial charge >= 0.3 is 6.03 Å². The number of urea groups is 1. The number of nitrogens with zero attached hydrogens (tertiary/aromatic N) is 6. The minimum absolute atomic E-state index is 0.0142. The number of fused-ring (bicyclic) bond motifs is 1. The SMILES string of the molecule is CCCNC(=O)N1CCN(c2nc(C)nc3c2cnn3-c2ccc(F)cc2)CC1. The molecule has 152 valence electrons. The molecule has 0 atom stereocenters. The van der Waals surface area contributed by atoms with Crippen LogP contribution < -0.4 is 10.2 Å². The predicted octanol–water partition coefficient (Wildman–Crippen LogP) is 2.50. The van der Waals surface area contributed by atoms with Crippen LogP contribution in [0, 0.1) is 12.7 Å². The van der Waals surface area contributed by atoms with E-state index >= 15 is 0 Å². The summed E-state index contributed by atoms with van der Waals surface area (Å²) in [7, 11) is 0. The number of amides is 2. The Kier molecular flexibility index (Phi) is 5.28. The fourth-order valence-electron chi connectivity index (χ4n) is 3.48. The third kappa shape index (κ3) is 3.85. The lowest BCUT2D eigenvalue weighted by Crippen LogP contribution is -2.52. The van der Waals surface area contributed by atoms with Crippen LogP contribution in [0.2, 0.25) is 0 Å². The van der Waals surface area contributed by atoms with E-state index in [0.717, 1.165) is 23.3 Å². The van der Waals surface area contributed by atoms with E-state index in [1.807, 2.05) is 18.7 Å². The van der Waals surface area contributed by atoms with Crippen LogP contribution >= 0.6 is 0 Å². The first-order valence-corrected chi connectivity index (χ1v) is 9.83. The minimum Gasteiger partial charge on any atom is -0.352 e. The normalized spacial score (nSPS) is 14.4. The number of hydrogen-bond acceptors (Lipinski definition) is 5. The maximum absolute atomic E-state index is 13.3. The van der Waals surface area contributed by atoms with E-state index in [4.69, 9.17) is 0 Å². The van der Waals surface area contributed by atoms with Gasteiger partial charge in [0.25, 0.3) is 0 Å². The van der Waals surface area contributed by atoms with Gasteiger partial charge in [0, 0.05) is 32.7 Å². The first kappa shape index (κ1) is 19.1. The molecule has 1 fully saturated rings. The number of rotatable bonds is 4. The first-order chi connectivity index (χ1) is 14.1. The number of aromatic nitrogens is 4. The van der Waals surface area contributed by atoms with Crippen LogP contribution in [-0.4, -0.2) is 63.4 Å². The molecule has 1 N–H and O–H groups in total. The van der Waals surface area contributed by atoms with Crippen LogP contribution in [0.5, 0.6) is 0 Å². The molecule has 29 heavy (non-hydrogen) atoms. The summed E-state index contributed by atoms with van der Waals surface area (Å²) in [4.78, 5) is 25.4. The lowest BCUT2D eigenvalue weighted by Gasteiger charge is -2.35. The van der Waals surface area contributed by atoms with Gasteiger partial charge in [-0.25, -0.2) is 23.8 Å². The maximum Gasteiger partial charge on any atom is 0.317 e. The van der Waals surface area contributed by atoms with Crippen LogP contribution in [0.15, 0.2) is 30.5 Å². The fourth-order valence-corrected chi connectivity index (χ4v) is 3.48. The predicted molar refractivity (Wildman–Crippen MR) is 109 cm³/mol. The summed E-state index contributed by atoms with van der Waals surface area (Å²) in [5, 5.41) is 8.22. The molecule has 1 aliphatic heterocycles. The van der Waals surface area contributed by atoms with Crippen molar-refractivity contribution < 1.29 is 9.18 Å². The van der Waals surface area contributed by atoms with Gasteiger partial charge in [-0.1, -0.05) is 6.92 Å². The molecule has 0 bridgehead atoms. The van der Waals surface area contributed by atoms with Gasteiger partial charge in [-0.2, -0.15) is 5.10 Å². The Morgan fingerprint density at radius 2 is 1.86 bits per heavy atom. The molecular weight excluding hydrogens is 373 g/mol. The fraction of sp³-hybridized carbons (Fsp3) is 0.400. The second-order valence-corrected chi connectivity index (χ2v) is 7.07. The van der Waals surface area contributed by atoms with Crippen molar-refractivity contribution in [3.63, 3.8) is 0 Å². The summed E-state index contributed by atoms with van der Waals surface area (Å²) in [6.07, 6.45) is 2.66. The Morgan fingerprint density at radius 3 is 2.55 bits per heavy atom. The van der Waals surface area contributed by atoms with Crippen molar-refractivity contribution in [2.45, 2.75) is 20.3 Å². The number of aryl methyl sites for hydroxylation is 1. The number of carbonyl (C=O) groups excluding carboxylic acids is 1. The molecule has 0 spiro atoms. The Morgan fingerprint density at radius 1 is 1.14 bits per heavy atom. The highest BCUT2D eigenvalue weighted by molar-refractivity contribution is 5.88. The highest BCUT2D eigenvalue weighted by atomic mass is 19.1. The van der Waals surface area contributed by atoms with Crippen LogP contribution in [0.25, 0.3) is 16.7 Å². The number of nitrogens with one attached hydrogen (secondary N) is 1. The average Bonchev–Trinajstić information content (AvgIpc) is 3.16. The summed E-state index contributed by atoms with van der Waals surface area (Å²) < 4.78 is 15.0. The van der Waals surface area contributed by atoms with E-state index in [-0.39, 0.29) is 11.8 Å². The van der Waals surface area contributed by atoms with Crippen molar-refractivity contribution in [1.82, 2.24) is 30.0 Å². The molecule has 3 aromatic rings. The molecular formula is C20H24FN7O. The molecule has 1 aromatic carbocycles. The molecule has 1 aliphatic rings. The smallest absolute Gasteiger partial charge is 0.317 e. The van der Waals surface area contributed by atoms with Crippen LogP contribution in [0.3, 0.4) is 0 Å². The van der Waals surface area contributed by atoms with E-state index < -0.39 is 0 Å². The van der Waals surface area contributed by atoms with Gasteiger partial charge in [-0.15, -0.1) is 0 Å². The maximum atomic E-state index is 13.3. The highest BCUT2D eigenvalue weighted by Gasteiger charge is 2.24. The van der Waals surface area contributed by atoms with E-state index in [9.17, 15) is 9.18 Å². The summed E-state index contributed by atoms with van der Waals surface area (Å²) in [5.41, 5.74) is 1.42. The van der Waals surface area contributed by atoms with Crippen molar-refractivity contribution in [3.8, 4) is 5.69 Å². The Hall–Kier alpha value is -3.23. The Balaban J connectivity index is 1.59. The van der Waals surface area contributed by atoms with Gasteiger partial charge in [0.05, 0.1) is 17.3 Å². The van der Waals surface area contributed by atoms with Gasteiger partial charge in [0.1, 0.15) is 17.5 Å². The monoisotopic (exact) mass is 397 g/mol. The molecule has 0 saturated carbocycles. The molecule has 4 rings (SSSR count). The third-order valence-electron chi connectivity index (χ3n) is 4.98. The van der Waals surface area contributed by atoms with Crippen LogP contribution in [-0.2, 0) is 0 Å². The topological polar surface area (TPSA) is 79.2 Å². The van der Waals surface area contributed by atoms with Gasteiger partial charge in [-0.3, -0.25) is 0 Å². The molecule has 2 aromatic heterocycles. The second kappa shape index (κ2) is 8.02. The Labute approximate surface area is 168 Å². The zero-order chi connectivity index (χ0) is 20.4. The van der Waals surface area contributed by atoms with Crippen molar-refractivity contribution in [2.24, 2.45) is 0 Å². The van der Waals surface area contributed by atoms with Gasteiger partial charge in [0.2, 0.25) is 0 Å². The summed E-state index contributed by atoms with van der Waals surface area (Å²) in [6, 6.07) is 6.14. The average molecular weight is 397 g/mol. The zero-order valence-electron chi connectivity index (χ0n) is 16.6. The summed E-state index contributed by atoms with van der Waals surface area (Å²) in [6.45, 7) is 7.21. The lowest BCUT2D eigenvalue weighted by molar-refractivity contribution is 0.194. The van der Waals surface area contributed by atoms with Crippen molar-refractivity contribution >= 4 is 22.9 Å².